The summed E-state index contributed by atoms with van der Waals surface area (Å²) < 4.78 is 4.99. The van der Waals surface area contributed by atoms with Crippen LogP contribution in [-0.2, 0) is 19.1 Å². The summed E-state index contributed by atoms with van der Waals surface area (Å²) in [4.78, 5) is 35.8. The van der Waals surface area contributed by atoms with Crippen LogP contribution in [0.25, 0.3) is 0 Å². The predicted molar refractivity (Wildman–Crippen MR) is 60.0 cm³/mol. The molecule has 0 spiro atoms. The molecule has 0 saturated carbocycles. The highest BCUT2D eigenvalue weighted by molar-refractivity contribution is 6.01. The van der Waals surface area contributed by atoms with Gasteiger partial charge in [0.25, 0.3) is 0 Å². The summed E-state index contributed by atoms with van der Waals surface area (Å²) >= 11 is 0. The van der Waals surface area contributed by atoms with Crippen molar-refractivity contribution < 1.29 is 19.1 Å². The molecular formula is C11H18N2O4. The molecule has 1 fully saturated rings. The van der Waals surface area contributed by atoms with Crippen molar-refractivity contribution in [3.63, 3.8) is 0 Å². The van der Waals surface area contributed by atoms with Crippen molar-refractivity contribution in [2.75, 3.05) is 13.1 Å². The number of hydrogen-bond acceptors (Lipinski definition) is 5. The second kappa shape index (κ2) is 5.77. The Balaban J connectivity index is 2.63. The Bertz CT molecular complexity index is 327. The lowest BCUT2D eigenvalue weighted by Gasteiger charge is -2.32. The molecule has 0 aromatic rings. The van der Waals surface area contributed by atoms with E-state index in [4.69, 9.17) is 4.74 Å². The highest BCUT2D eigenvalue weighted by Crippen LogP contribution is 2.09. The Kier molecular flexibility index (Phi) is 4.62. The van der Waals surface area contributed by atoms with Crippen molar-refractivity contribution in [2.45, 2.75) is 39.3 Å². The molecule has 1 N–H and O–H groups in total. The minimum absolute atomic E-state index is 0.0319. The van der Waals surface area contributed by atoms with Crippen LogP contribution in [0.1, 0.15) is 27.2 Å². The van der Waals surface area contributed by atoms with E-state index in [2.05, 4.69) is 5.32 Å². The van der Waals surface area contributed by atoms with Crippen molar-refractivity contribution in [3.8, 4) is 0 Å². The Morgan fingerprint density at radius 1 is 1.53 bits per heavy atom. The lowest BCUT2D eigenvalue weighted by atomic mass is 10.1. The van der Waals surface area contributed by atoms with Gasteiger partial charge in [0.2, 0.25) is 11.8 Å². The second-order valence-corrected chi connectivity index (χ2v) is 4.28. The average Bonchev–Trinajstić information content (AvgIpc) is 2.15. The molecule has 96 valence electrons. The van der Waals surface area contributed by atoms with Crippen LogP contribution >= 0.6 is 0 Å². The van der Waals surface area contributed by atoms with Gasteiger partial charge in [0.15, 0.2) is 0 Å². The number of nitrogens with zero attached hydrogens (tertiary/aromatic N) is 1. The summed E-state index contributed by atoms with van der Waals surface area (Å²) in [6.07, 6.45) is 0.352. The first-order chi connectivity index (χ1) is 7.93. The maximum Gasteiger partial charge on any atom is 0.320 e. The number of rotatable bonds is 4. The Morgan fingerprint density at radius 2 is 2.18 bits per heavy atom. The minimum Gasteiger partial charge on any atom is -0.462 e. The summed E-state index contributed by atoms with van der Waals surface area (Å²) in [6.45, 7) is 5.36. The van der Waals surface area contributed by atoms with Crippen LogP contribution in [0.2, 0.25) is 0 Å². The summed E-state index contributed by atoms with van der Waals surface area (Å²) in [6, 6.07) is -0.438. The van der Waals surface area contributed by atoms with Crippen molar-refractivity contribution in [2.24, 2.45) is 0 Å². The zero-order valence-corrected chi connectivity index (χ0v) is 10.4. The van der Waals surface area contributed by atoms with Gasteiger partial charge in [-0.15, -0.1) is 0 Å². The number of esters is 1. The lowest BCUT2D eigenvalue weighted by molar-refractivity contribution is -0.151. The normalized spacial score (nSPS) is 21.5. The molecule has 0 bridgehead atoms. The Hall–Kier alpha value is -1.43. The number of ether oxygens (including phenoxy) is 1. The van der Waals surface area contributed by atoms with E-state index in [-0.39, 0.29) is 31.0 Å². The zero-order valence-electron chi connectivity index (χ0n) is 10.4. The molecule has 17 heavy (non-hydrogen) atoms. The molecular weight excluding hydrogens is 224 g/mol. The highest BCUT2D eigenvalue weighted by atomic mass is 16.5. The monoisotopic (exact) mass is 242 g/mol. The van der Waals surface area contributed by atoms with Crippen LogP contribution in [0.4, 0.5) is 0 Å². The van der Waals surface area contributed by atoms with Crippen molar-refractivity contribution >= 4 is 17.8 Å². The Labute approximate surface area is 100 Å². The van der Waals surface area contributed by atoms with Crippen LogP contribution in [0.5, 0.6) is 0 Å². The average molecular weight is 242 g/mol. The van der Waals surface area contributed by atoms with Crippen LogP contribution in [-0.4, -0.2) is 47.9 Å². The third kappa shape index (κ3) is 3.81. The van der Waals surface area contributed by atoms with Gasteiger partial charge in [-0.2, -0.15) is 0 Å². The number of piperazine rings is 1. The number of amides is 2. The first kappa shape index (κ1) is 13.6. The van der Waals surface area contributed by atoms with Gasteiger partial charge in [-0.25, -0.2) is 0 Å². The van der Waals surface area contributed by atoms with E-state index < -0.39 is 12.0 Å². The highest BCUT2D eigenvalue weighted by Gasteiger charge is 2.33. The van der Waals surface area contributed by atoms with Crippen molar-refractivity contribution in [3.05, 3.63) is 0 Å². The number of carbonyl (C=O) groups is 3. The van der Waals surface area contributed by atoms with E-state index in [1.54, 1.807) is 18.7 Å². The molecule has 2 amide bonds. The molecule has 6 heteroatoms. The van der Waals surface area contributed by atoms with E-state index in [0.29, 0.717) is 6.42 Å². The van der Waals surface area contributed by atoms with Crippen molar-refractivity contribution in [1.29, 1.82) is 0 Å². The molecule has 6 nitrogen and oxygen atoms in total. The fourth-order valence-corrected chi connectivity index (χ4v) is 1.80. The van der Waals surface area contributed by atoms with Crippen LogP contribution < -0.4 is 5.32 Å². The van der Waals surface area contributed by atoms with Crippen LogP contribution in [0, 0.1) is 0 Å². The van der Waals surface area contributed by atoms with E-state index in [0.717, 1.165) is 0 Å². The largest absolute Gasteiger partial charge is 0.462 e. The fourth-order valence-electron chi connectivity index (χ4n) is 1.80. The Morgan fingerprint density at radius 3 is 2.71 bits per heavy atom. The van der Waals surface area contributed by atoms with E-state index in [1.807, 2.05) is 6.92 Å². The third-order valence-corrected chi connectivity index (χ3v) is 2.44. The molecule has 0 aliphatic carbocycles. The van der Waals surface area contributed by atoms with Gasteiger partial charge in [0, 0.05) is 0 Å². The van der Waals surface area contributed by atoms with E-state index in [1.165, 1.54) is 0 Å². The summed E-state index contributed by atoms with van der Waals surface area (Å²) in [5.41, 5.74) is 0. The summed E-state index contributed by atoms with van der Waals surface area (Å²) in [5.74, 6) is -1.14. The molecule has 0 aromatic carbocycles. The first-order valence-electron chi connectivity index (χ1n) is 5.71. The minimum atomic E-state index is -0.438. The quantitative estimate of drug-likeness (QED) is 0.540. The maximum absolute atomic E-state index is 11.5. The van der Waals surface area contributed by atoms with Gasteiger partial charge in [-0.1, -0.05) is 6.92 Å². The van der Waals surface area contributed by atoms with Crippen LogP contribution in [0.15, 0.2) is 0 Å². The summed E-state index contributed by atoms with van der Waals surface area (Å²) in [5, 5.41) is 2.25. The molecule has 1 saturated heterocycles. The van der Waals surface area contributed by atoms with Crippen molar-refractivity contribution in [1.82, 2.24) is 10.2 Å². The maximum atomic E-state index is 11.5. The number of carbonyl (C=O) groups excluding carboxylic acids is 3. The fraction of sp³-hybridized carbons (Fsp3) is 0.727. The molecule has 1 unspecified atom stereocenters. The molecule has 1 aliphatic rings. The van der Waals surface area contributed by atoms with Crippen LogP contribution in [0.3, 0.4) is 0 Å². The molecule has 0 radical (unpaired) electrons. The first-order valence-corrected chi connectivity index (χ1v) is 5.71. The van der Waals surface area contributed by atoms with Gasteiger partial charge >= 0.3 is 5.97 Å². The van der Waals surface area contributed by atoms with Gasteiger partial charge in [0.05, 0.1) is 25.2 Å². The topological polar surface area (TPSA) is 75.7 Å². The van der Waals surface area contributed by atoms with Gasteiger partial charge in [0.1, 0.15) is 0 Å². The smallest absolute Gasteiger partial charge is 0.320 e. The number of imide groups is 1. The number of nitrogens with one attached hydrogen (secondary N) is 1. The molecule has 1 heterocycles. The third-order valence-electron chi connectivity index (χ3n) is 2.44. The van der Waals surface area contributed by atoms with E-state index >= 15 is 0 Å². The van der Waals surface area contributed by atoms with E-state index in [9.17, 15) is 14.4 Å². The molecule has 0 aromatic heterocycles. The standard InChI is InChI=1S/C11H18N2O4/c1-4-8-11(16)12-9(14)5-13(8)6-10(15)17-7(2)3/h7-8H,4-6H2,1-3H3,(H,12,14,16). The summed E-state index contributed by atoms with van der Waals surface area (Å²) in [7, 11) is 0. The predicted octanol–water partition coefficient (Wildman–Crippen LogP) is -0.325. The van der Waals surface area contributed by atoms with Gasteiger partial charge in [-0.05, 0) is 20.3 Å². The second-order valence-electron chi connectivity index (χ2n) is 4.28. The molecule has 1 aliphatic heterocycles. The lowest BCUT2D eigenvalue weighted by Crippen LogP contribution is -2.58. The molecule has 1 atom stereocenters. The van der Waals surface area contributed by atoms with Gasteiger partial charge < -0.3 is 4.74 Å². The number of hydrogen-bond donors (Lipinski definition) is 1. The zero-order chi connectivity index (χ0) is 13.0. The molecule has 1 rings (SSSR count). The SMILES string of the molecule is CCC1C(=O)NC(=O)CN1CC(=O)OC(C)C. The van der Waals surface area contributed by atoms with Gasteiger partial charge in [-0.3, -0.25) is 24.6 Å².